The van der Waals surface area contributed by atoms with Gasteiger partial charge in [-0.25, -0.2) is 0 Å². The van der Waals surface area contributed by atoms with E-state index in [1.165, 1.54) is 12.1 Å². The van der Waals surface area contributed by atoms with Crippen molar-refractivity contribution in [3.05, 3.63) is 77.9 Å². The van der Waals surface area contributed by atoms with Gasteiger partial charge in [0.25, 0.3) is 0 Å². The highest BCUT2D eigenvalue weighted by atomic mass is 32.1. The molecule has 0 bridgehead atoms. The van der Waals surface area contributed by atoms with Crippen LogP contribution in [-0.4, -0.2) is 11.0 Å². The van der Waals surface area contributed by atoms with Crippen LogP contribution in [0.25, 0.3) is 10.8 Å². The van der Waals surface area contributed by atoms with Crippen molar-refractivity contribution < 1.29 is 18.0 Å². The monoisotopic (exact) mass is 388 g/mol. The van der Waals surface area contributed by atoms with Crippen LogP contribution in [0.3, 0.4) is 0 Å². The molecule has 3 nitrogen and oxygen atoms in total. The van der Waals surface area contributed by atoms with Crippen LogP contribution in [0.15, 0.2) is 66.7 Å². The van der Waals surface area contributed by atoms with Crippen molar-refractivity contribution in [2.45, 2.75) is 12.6 Å². The highest BCUT2D eigenvalue weighted by Crippen LogP contribution is 2.30. The molecule has 0 aliphatic carbocycles. The number of carbonyl (C=O) groups excluding carboxylic acids is 1. The number of rotatable bonds is 3. The lowest BCUT2D eigenvalue weighted by Crippen LogP contribution is -2.35. The predicted molar refractivity (Wildman–Crippen MR) is 103 cm³/mol. The number of benzene rings is 3. The summed E-state index contributed by atoms with van der Waals surface area (Å²) in [5.74, 6) is -0.351. The number of thiocarbonyl (C=S) groups is 1. The number of alkyl halides is 3. The lowest BCUT2D eigenvalue weighted by Gasteiger charge is -2.12. The Hall–Kier alpha value is -2.93. The maximum atomic E-state index is 12.8. The Morgan fingerprint density at radius 1 is 0.963 bits per heavy atom. The second-order valence-electron chi connectivity index (χ2n) is 5.90. The molecule has 1 amide bonds. The SMILES string of the molecule is O=C(Cc1cccc2ccccc12)NC(=S)Nc1cccc(C(F)(F)F)c1. The molecule has 138 valence electrons. The molecule has 0 heterocycles. The van der Waals surface area contributed by atoms with E-state index in [0.29, 0.717) is 0 Å². The summed E-state index contributed by atoms with van der Waals surface area (Å²) in [5, 5.41) is 7.04. The summed E-state index contributed by atoms with van der Waals surface area (Å²) in [6.07, 6.45) is -4.34. The van der Waals surface area contributed by atoms with Gasteiger partial charge in [-0.3, -0.25) is 4.79 Å². The van der Waals surface area contributed by atoms with Gasteiger partial charge >= 0.3 is 6.18 Å². The van der Waals surface area contributed by atoms with E-state index in [9.17, 15) is 18.0 Å². The van der Waals surface area contributed by atoms with Crippen LogP contribution in [0.1, 0.15) is 11.1 Å². The molecule has 7 heteroatoms. The Kier molecular flexibility index (Phi) is 5.41. The Morgan fingerprint density at radius 3 is 2.44 bits per heavy atom. The molecule has 0 fully saturated rings. The number of nitrogens with one attached hydrogen (secondary N) is 2. The molecule has 0 saturated carbocycles. The minimum atomic E-state index is -4.45. The minimum absolute atomic E-state index is 0.0560. The lowest BCUT2D eigenvalue weighted by molar-refractivity contribution is -0.137. The van der Waals surface area contributed by atoms with Crippen LogP contribution in [-0.2, 0) is 17.4 Å². The molecule has 3 rings (SSSR count). The zero-order valence-electron chi connectivity index (χ0n) is 14.0. The van der Waals surface area contributed by atoms with Crippen molar-refractivity contribution in [2.24, 2.45) is 0 Å². The van der Waals surface area contributed by atoms with Gasteiger partial charge in [0.1, 0.15) is 0 Å². The first-order valence-electron chi connectivity index (χ1n) is 8.08. The fourth-order valence-corrected chi connectivity index (χ4v) is 2.96. The molecule has 0 aromatic heterocycles. The molecular formula is C20H15F3N2OS. The van der Waals surface area contributed by atoms with Crippen LogP contribution in [0, 0.1) is 0 Å². The molecule has 3 aromatic rings. The number of fused-ring (bicyclic) bond motifs is 1. The van der Waals surface area contributed by atoms with E-state index < -0.39 is 11.7 Å². The zero-order valence-corrected chi connectivity index (χ0v) is 14.8. The highest BCUT2D eigenvalue weighted by Gasteiger charge is 2.30. The topological polar surface area (TPSA) is 41.1 Å². The van der Waals surface area contributed by atoms with Crippen molar-refractivity contribution >= 4 is 39.7 Å². The predicted octanol–water partition coefficient (Wildman–Crippen LogP) is 4.91. The van der Waals surface area contributed by atoms with Gasteiger partial charge < -0.3 is 10.6 Å². The molecule has 3 aromatic carbocycles. The molecule has 0 aliphatic rings. The molecule has 0 aliphatic heterocycles. The minimum Gasteiger partial charge on any atom is -0.332 e. The Bertz CT molecular complexity index is 996. The smallest absolute Gasteiger partial charge is 0.332 e. The third-order valence-electron chi connectivity index (χ3n) is 3.93. The molecule has 0 unspecified atom stereocenters. The van der Waals surface area contributed by atoms with E-state index >= 15 is 0 Å². The third-order valence-corrected chi connectivity index (χ3v) is 4.14. The summed E-state index contributed by atoms with van der Waals surface area (Å²) >= 11 is 5.04. The Balaban J connectivity index is 1.65. The first-order chi connectivity index (χ1) is 12.8. The van der Waals surface area contributed by atoms with E-state index in [1.54, 1.807) is 0 Å². The van der Waals surface area contributed by atoms with Gasteiger partial charge in [0.2, 0.25) is 5.91 Å². The van der Waals surface area contributed by atoms with Gasteiger partial charge in [0.15, 0.2) is 5.11 Å². The van der Waals surface area contributed by atoms with Crippen molar-refractivity contribution in [1.82, 2.24) is 5.32 Å². The molecule has 0 spiro atoms. The fourth-order valence-electron chi connectivity index (χ4n) is 2.73. The molecular weight excluding hydrogens is 373 g/mol. The second kappa shape index (κ2) is 7.75. The molecule has 0 radical (unpaired) electrons. The number of carbonyl (C=O) groups is 1. The van der Waals surface area contributed by atoms with E-state index in [0.717, 1.165) is 28.5 Å². The van der Waals surface area contributed by atoms with Gasteiger partial charge in [-0.1, -0.05) is 48.5 Å². The number of hydrogen-bond acceptors (Lipinski definition) is 2. The number of halogens is 3. The summed E-state index contributed by atoms with van der Waals surface area (Å²) in [7, 11) is 0. The quantitative estimate of drug-likeness (QED) is 0.626. The zero-order chi connectivity index (χ0) is 19.4. The van der Waals surface area contributed by atoms with Crippen LogP contribution in [0.4, 0.5) is 18.9 Å². The highest BCUT2D eigenvalue weighted by molar-refractivity contribution is 7.80. The second-order valence-corrected chi connectivity index (χ2v) is 6.30. The largest absolute Gasteiger partial charge is 0.416 e. The Labute approximate surface area is 159 Å². The van der Waals surface area contributed by atoms with Crippen molar-refractivity contribution in [3.8, 4) is 0 Å². The maximum Gasteiger partial charge on any atom is 0.416 e. The van der Waals surface area contributed by atoms with Crippen LogP contribution in [0.2, 0.25) is 0 Å². The third kappa shape index (κ3) is 4.83. The summed E-state index contributed by atoms with van der Waals surface area (Å²) in [6.45, 7) is 0. The summed E-state index contributed by atoms with van der Waals surface area (Å²) < 4.78 is 38.3. The van der Waals surface area contributed by atoms with Crippen LogP contribution >= 0.6 is 12.2 Å². The summed E-state index contributed by atoms with van der Waals surface area (Å²) in [5.41, 5.74) is 0.199. The van der Waals surface area contributed by atoms with Gasteiger partial charge in [-0.05, 0) is 46.8 Å². The van der Waals surface area contributed by atoms with Gasteiger partial charge in [0, 0.05) is 5.69 Å². The van der Waals surface area contributed by atoms with E-state index in [-0.39, 0.29) is 23.1 Å². The summed E-state index contributed by atoms with van der Waals surface area (Å²) in [6, 6.07) is 18.0. The molecule has 27 heavy (non-hydrogen) atoms. The molecule has 0 atom stereocenters. The first kappa shape index (κ1) is 18.8. The number of anilines is 1. The van der Waals surface area contributed by atoms with E-state index in [2.05, 4.69) is 10.6 Å². The van der Waals surface area contributed by atoms with Gasteiger partial charge in [-0.2, -0.15) is 13.2 Å². The maximum absolute atomic E-state index is 12.8. The average Bonchev–Trinajstić information content (AvgIpc) is 2.61. The van der Waals surface area contributed by atoms with E-state index in [4.69, 9.17) is 12.2 Å². The Morgan fingerprint density at radius 2 is 1.67 bits per heavy atom. The first-order valence-corrected chi connectivity index (χ1v) is 8.48. The van der Waals surface area contributed by atoms with Gasteiger partial charge in [-0.15, -0.1) is 0 Å². The normalized spacial score (nSPS) is 11.2. The van der Waals surface area contributed by atoms with Gasteiger partial charge in [0.05, 0.1) is 12.0 Å². The molecule has 0 saturated heterocycles. The lowest BCUT2D eigenvalue weighted by atomic mass is 10.0. The van der Waals surface area contributed by atoms with Crippen molar-refractivity contribution in [2.75, 3.05) is 5.32 Å². The fraction of sp³-hybridized carbons (Fsp3) is 0.100. The van der Waals surface area contributed by atoms with Crippen LogP contribution < -0.4 is 10.6 Å². The molecule has 2 N–H and O–H groups in total. The van der Waals surface area contributed by atoms with Crippen molar-refractivity contribution in [1.29, 1.82) is 0 Å². The summed E-state index contributed by atoms with van der Waals surface area (Å²) in [4.78, 5) is 12.3. The number of amides is 1. The standard InChI is InChI=1S/C20H15F3N2OS/c21-20(22,23)15-8-4-9-16(12-15)24-19(27)25-18(26)11-14-7-3-6-13-5-1-2-10-17(13)14/h1-10,12H,11H2,(H2,24,25,26,27). The average molecular weight is 388 g/mol. The van der Waals surface area contributed by atoms with Crippen LogP contribution in [0.5, 0.6) is 0 Å². The number of hydrogen-bond donors (Lipinski definition) is 2. The van der Waals surface area contributed by atoms with E-state index in [1.807, 2.05) is 42.5 Å². The van der Waals surface area contributed by atoms with Crippen molar-refractivity contribution in [3.63, 3.8) is 0 Å².